The fourth-order valence-corrected chi connectivity index (χ4v) is 10.4. The number of ether oxygens (including phenoxy) is 2. The Labute approximate surface area is 484 Å². The summed E-state index contributed by atoms with van der Waals surface area (Å²) >= 11 is 0. The minimum atomic E-state index is -1.67. The molecule has 1 saturated heterocycles. The van der Waals surface area contributed by atoms with E-state index in [0.29, 0.717) is 19.3 Å². The van der Waals surface area contributed by atoms with Gasteiger partial charge in [0.1, 0.15) is 36.6 Å². The van der Waals surface area contributed by atoms with Crippen molar-refractivity contribution >= 4 is 5.91 Å². The van der Waals surface area contributed by atoms with E-state index in [1.54, 1.807) is 0 Å². The van der Waals surface area contributed by atoms with E-state index in [-0.39, 0.29) is 12.8 Å². The van der Waals surface area contributed by atoms with E-state index in [2.05, 4.69) is 79.9 Å². The summed E-state index contributed by atoms with van der Waals surface area (Å²) < 4.78 is 11.1. The van der Waals surface area contributed by atoms with Crippen LogP contribution in [0.2, 0.25) is 0 Å². The summed E-state index contributed by atoms with van der Waals surface area (Å²) in [5.74, 6) is -0.711. The second kappa shape index (κ2) is 56.3. The van der Waals surface area contributed by atoms with Crippen molar-refractivity contribution in [3.63, 3.8) is 0 Å². The zero-order valence-corrected chi connectivity index (χ0v) is 50.9. The summed E-state index contributed by atoms with van der Waals surface area (Å²) in [4.78, 5) is 13.2. The first-order valence-electron chi connectivity index (χ1n) is 33.2. The molecule has 1 heterocycles. The lowest BCUT2D eigenvalue weighted by Gasteiger charge is -2.40. The highest BCUT2D eigenvalue weighted by molar-refractivity contribution is 5.80. The third-order valence-corrected chi connectivity index (χ3v) is 15.7. The maximum absolute atomic E-state index is 13.2. The van der Waals surface area contributed by atoms with Crippen molar-refractivity contribution in [1.29, 1.82) is 0 Å². The van der Waals surface area contributed by atoms with Gasteiger partial charge in [-0.3, -0.25) is 4.79 Å². The Bertz CT molecular complexity index is 1470. The lowest BCUT2D eigenvalue weighted by Crippen LogP contribution is -2.60. The molecular formula is C68H125NO10. The third kappa shape index (κ3) is 44.1. The van der Waals surface area contributed by atoms with Crippen molar-refractivity contribution in [3.8, 4) is 0 Å². The van der Waals surface area contributed by atoms with Gasteiger partial charge in [-0.25, -0.2) is 0 Å². The average Bonchev–Trinajstić information content (AvgIpc) is 3.46. The number of aliphatic hydroxyl groups is 7. The molecule has 0 radical (unpaired) electrons. The van der Waals surface area contributed by atoms with E-state index in [0.717, 1.165) is 51.4 Å². The van der Waals surface area contributed by atoms with Gasteiger partial charge in [-0.05, 0) is 96.3 Å². The third-order valence-electron chi connectivity index (χ3n) is 15.7. The molecule has 0 aromatic carbocycles. The number of carbonyl (C=O) groups is 1. The van der Waals surface area contributed by atoms with E-state index in [4.69, 9.17) is 9.47 Å². The van der Waals surface area contributed by atoms with Crippen LogP contribution in [0.5, 0.6) is 0 Å². The molecule has 1 amide bonds. The van der Waals surface area contributed by atoms with Gasteiger partial charge in [0.15, 0.2) is 6.29 Å². The Balaban J connectivity index is 2.21. The van der Waals surface area contributed by atoms with Crippen LogP contribution in [0, 0.1) is 0 Å². The zero-order chi connectivity index (χ0) is 57.5. The smallest absolute Gasteiger partial charge is 0.249 e. The van der Waals surface area contributed by atoms with Crippen molar-refractivity contribution in [3.05, 3.63) is 60.8 Å². The van der Waals surface area contributed by atoms with Crippen LogP contribution in [0.4, 0.5) is 0 Å². The predicted octanol–water partition coefficient (Wildman–Crippen LogP) is 15.4. The first-order valence-corrected chi connectivity index (χ1v) is 33.2. The number of aliphatic hydroxyl groups excluding tert-OH is 7. The maximum atomic E-state index is 13.2. The number of hydrogen-bond acceptors (Lipinski definition) is 10. The standard InChI is InChI=1S/C68H125NO10/c1-3-5-7-9-11-13-15-17-19-21-23-24-25-26-27-28-29-30-31-32-33-34-35-36-37-38-40-42-44-46-48-50-52-54-56-61(72)67(77)69-59(58-78-68-66(76)65(75)64(74)62(57-70)79-68)63(73)60(71)55-53-51-49-47-45-43-41-39-22-20-18-16-14-12-10-8-6-4-2/h16,18,25-26,28-29,39,41,47,49,59-66,68,70-76H,3-15,17,19-24,27,30-38,40,42-46,48,50-58H2,1-2H3,(H,69,77)/b18-16+,26-25-,29-28-,41-39+,49-47+. The molecule has 9 unspecified atom stereocenters. The van der Waals surface area contributed by atoms with Crippen molar-refractivity contribution < 1.29 is 50.0 Å². The molecule has 1 rings (SSSR count). The molecule has 0 bridgehead atoms. The number of unbranched alkanes of at least 4 members (excludes halogenated alkanes) is 35. The van der Waals surface area contributed by atoms with Crippen LogP contribution >= 0.6 is 0 Å². The highest BCUT2D eigenvalue weighted by Gasteiger charge is 2.44. The van der Waals surface area contributed by atoms with Crippen LogP contribution in [0.1, 0.15) is 296 Å². The van der Waals surface area contributed by atoms with E-state index < -0.39 is 74.2 Å². The van der Waals surface area contributed by atoms with Crippen LogP contribution in [0.3, 0.4) is 0 Å². The first-order chi connectivity index (χ1) is 38.7. The van der Waals surface area contributed by atoms with Crippen LogP contribution in [0.15, 0.2) is 60.8 Å². The minimum Gasteiger partial charge on any atom is -0.394 e. The highest BCUT2D eigenvalue weighted by Crippen LogP contribution is 2.23. The average molecular weight is 1120 g/mol. The molecule has 11 heteroatoms. The molecule has 0 saturated carbocycles. The Morgan fingerprint density at radius 3 is 1.20 bits per heavy atom. The molecule has 79 heavy (non-hydrogen) atoms. The van der Waals surface area contributed by atoms with Crippen LogP contribution in [-0.4, -0.2) is 110 Å². The molecule has 1 fully saturated rings. The minimum absolute atomic E-state index is 0.240. The fourth-order valence-electron chi connectivity index (χ4n) is 10.4. The Hall–Kier alpha value is -2.19. The summed E-state index contributed by atoms with van der Waals surface area (Å²) in [6, 6.07) is -1.20. The van der Waals surface area contributed by atoms with Gasteiger partial charge >= 0.3 is 0 Å². The number of carbonyl (C=O) groups excluding carboxylic acids is 1. The Morgan fingerprint density at radius 2 is 0.797 bits per heavy atom. The normalized spacial score (nSPS) is 19.7. The molecule has 8 N–H and O–H groups in total. The van der Waals surface area contributed by atoms with E-state index in [1.165, 1.54) is 199 Å². The number of amides is 1. The van der Waals surface area contributed by atoms with Crippen molar-refractivity contribution in [2.24, 2.45) is 0 Å². The number of rotatable bonds is 57. The summed E-state index contributed by atoms with van der Waals surface area (Å²) in [6.07, 6.45) is 63.0. The number of nitrogens with one attached hydrogen (secondary N) is 1. The molecule has 0 spiro atoms. The molecule has 11 nitrogen and oxygen atoms in total. The van der Waals surface area contributed by atoms with Crippen LogP contribution in [-0.2, 0) is 14.3 Å². The SMILES string of the molecule is CCCCCCC/C=C/CC/C=C/CC/C=C/CCCC(O)C(O)C(COC1OC(CO)C(O)C(O)C1O)NC(=O)C(O)CCCCCCCCCCCCCCCCCC/C=C\C/C=C\CCCCCCCCCCCCC. The van der Waals surface area contributed by atoms with E-state index >= 15 is 0 Å². The van der Waals surface area contributed by atoms with E-state index in [9.17, 15) is 40.5 Å². The largest absolute Gasteiger partial charge is 0.394 e. The van der Waals surface area contributed by atoms with Crippen LogP contribution in [0.25, 0.3) is 0 Å². The Morgan fingerprint density at radius 1 is 0.443 bits per heavy atom. The molecular weight excluding hydrogens is 991 g/mol. The van der Waals surface area contributed by atoms with Crippen molar-refractivity contribution in [2.75, 3.05) is 13.2 Å². The van der Waals surface area contributed by atoms with Gasteiger partial charge in [0.2, 0.25) is 5.91 Å². The molecule has 0 aliphatic carbocycles. The van der Waals surface area contributed by atoms with Gasteiger partial charge in [-0.2, -0.15) is 0 Å². The van der Waals surface area contributed by atoms with Crippen molar-refractivity contribution in [1.82, 2.24) is 5.32 Å². The highest BCUT2D eigenvalue weighted by atomic mass is 16.7. The summed E-state index contributed by atoms with van der Waals surface area (Å²) in [7, 11) is 0. The van der Waals surface area contributed by atoms with Gasteiger partial charge in [0.25, 0.3) is 0 Å². The summed E-state index contributed by atoms with van der Waals surface area (Å²) in [5.41, 5.74) is 0. The molecule has 9 atom stereocenters. The lowest BCUT2D eigenvalue weighted by atomic mass is 9.98. The topological polar surface area (TPSA) is 189 Å². The summed E-state index contributed by atoms with van der Waals surface area (Å²) in [5, 5.41) is 76.3. The monoisotopic (exact) mass is 1120 g/mol. The number of allylic oxidation sites excluding steroid dienone is 10. The van der Waals surface area contributed by atoms with Gasteiger partial charge < -0.3 is 50.5 Å². The zero-order valence-electron chi connectivity index (χ0n) is 50.9. The predicted molar refractivity (Wildman–Crippen MR) is 330 cm³/mol. The molecule has 462 valence electrons. The lowest BCUT2D eigenvalue weighted by molar-refractivity contribution is -0.303. The molecule has 0 aromatic rings. The van der Waals surface area contributed by atoms with Crippen LogP contribution < -0.4 is 5.32 Å². The Kier molecular flexibility index (Phi) is 53.3. The number of hydrogen-bond donors (Lipinski definition) is 8. The fraction of sp³-hybridized carbons (Fsp3) is 0.838. The van der Waals surface area contributed by atoms with E-state index in [1.807, 2.05) is 0 Å². The van der Waals surface area contributed by atoms with Gasteiger partial charge in [0, 0.05) is 0 Å². The molecule has 0 aromatic heterocycles. The van der Waals surface area contributed by atoms with Gasteiger partial charge in [-0.15, -0.1) is 0 Å². The summed E-state index contributed by atoms with van der Waals surface area (Å²) in [6.45, 7) is 3.44. The second-order valence-corrected chi connectivity index (χ2v) is 23.2. The van der Waals surface area contributed by atoms with Gasteiger partial charge in [0.05, 0.1) is 25.4 Å². The molecule has 1 aliphatic heterocycles. The second-order valence-electron chi connectivity index (χ2n) is 23.2. The maximum Gasteiger partial charge on any atom is 0.249 e. The van der Waals surface area contributed by atoms with Crippen molar-refractivity contribution in [2.45, 2.75) is 351 Å². The molecule has 1 aliphatic rings. The quantitative estimate of drug-likeness (QED) is 0.0215. The first kappa shape index (κ1) is 74.8. The van der Waals surface area contributed by atoms with Gasteiger partial charge in [-0.1, -0.05) is 261 Å².